The molecular weight excluding hydrogens is 218 g/mol. The summed E-state index contributed by atoms with van der Waals surface area (Å²) >= 11 is 0. The molecule has 4 heteroatoms. The van der Waals surface area contributed by atoms with Gasteiger partial charge >= 0.3 is 5.97 Å². The summed E-state index contributed by atoms with van der Waals surface area (Å²) in [5.74, 6) is -0.889. The standard InChI is InChI=1S/C13H17NO3/c1-9-7-14(8-10(2)17-9)12-5-3-11(4-6-12)13(15)16/h3-6,9-10H,7-8H2,1-2H3,(H,15,16)/t9-,10-/m1/s1. The van der Waals surface area contributed by atoms with Crippen LogP contribution in [0.2, 0.25) is 0 Å². The van der Waals surface area contributed by atoms with Gasteiger partial charge in [-0.2, -0.15) is 0 Å². The van der Waals surface area contributed by atoms with E-state index < -0.39 is 5.97 Å². The summed E-state index contributed by atoms with van der Waals surface area (Å²) in [5, 5.41) is 8.84. The number of anilines is 1. The SMILES string of the molecule is C[C@@H]1CN(c2ccc(C(=O)O)cc2)C[C@@H](C)O1. The van der Waals surface area contributed by atoms with Crippen LogP contribution in [-0.4, -0.2) is 36.4 Å². The Bertz CT molecular complexity index is 392. The van der Waals surface area contributed by atoms with E-state index in [0.29, 0.717) is 5.56 Å². The molecule has 17 heavy (non-hydrogen) atoms. The minimum atomic E-state index is -0.889. The highest BCUT2D eigenvalue weighted by Crippen LogP contribution is 2.20. The van der Waals surface area contributed by atoms with Gasteiger partial charge in [0.15, 0.2) is 0 Å². The number of ether oxygens (including phenoxy) is 1. The van der Waals surface area contributed by atoms with Crippen molar-refractivity contribution in [3.63, 3.8) is 0 Å². The maximum Gasteiger partial charge on any atom is 0.335 e. The summed E-state index contributed by atoms with van der Waals surface area (Å²) in [4.78, 5) is 13.0. The van der Waals surface area contributed by atoms with Crippen LogP contribution in [0.3, 0.4) is 0 Å². The Balaban J connectivity index is 2.14. The third-order valence-electron chi connectivity index (χ3n) is 2.90. The molecule has 1 aromatic carbocycles. The molecule has 92 valence electrons. The number of carbonyl (C=O) groups is 1. The van der Waals surface area contributed by atoms with Gasteiger partial charge in [0.2, 0.25) is 0 Å². The highest BCUT2D eigenvalue weighted by Gasteiger charge is 2.22. The lowest BCUT2D eigenvalue weighted by Gasteiger charge is -2.36. The fraction of sp³-hybridized carbons (Fsp3) is 0.462. The van der Waals surface area contributed by atoms with E-state index in [1.165, 1.54) is 0 Å². The van der Waals surface area contributed by atoms with E-state index in [-0.39, 0.29) is 12.2 Å². The molecule has 1 saturated heterocycles. The Morgan fingerprint density at radius 3 is 2.24 bits per heavy atom. The van der Waals surface area contributed by atoms with Crippen LogP contribution in [0.4, 0.5) is 5.69 Å². The number of hydrogen-bond donors (Lipinski definition) is 1. The van der Waals surface area contributed by atoms with E-state index in [2.05, 4.69) is 4.90 Å². The first-order valence-electron chi connectivity index (χ1n) is 5.80. The van der Waals surface area contributed by atoms with Crippen molar-refractivity contribution in [2.45, 2.75) is 26.1 Å². The van der Waals surface area contributed by atoms with Gasteiger partial charge < -0.3 is 14.7 Å². The lowest BCUT2D eigenvalue weighted by atomic mass is 10.1. The van der Waals surface area contributed by atoms with Gasteiger partial charge in [0, 0.05) is 18.8 Å². The summed E-state index contributed by atoms with van der Waals surface area (Å²) in [6, 6.07) is 6.99. The predicted molar refractivity (Wildman–Crippen MR) is 65.6 cm³/mol. The zero-order chi connectivity index (χ0) is 12.4. The van der Waals surface area contributed by atoms with Crippen molar-refractivity contribution in [1.29, 1.82) is 0 Å². The number of hydrogen-bond acceptors (Lipinski definition) is 3. The van der Waals surface area contributed by atoms with Gasteiger partial charge in [0.05, 0.1) is 17.8 Å². The van der Waals surface area contributed by atoms with Crippen LogP contribution in [-0.2, 0) is 4.74 Å². The number of carboxylic acid groups (broad SMARTS) is 1. The minimum Gasteiger partial charge on any atom is -0.478 e. The molecule has 0 bridgehead atoms. The summed E-state index contributed by atoms with van der Waals surface area (Å²) in [7, 11) is 0. The molecule has 0 saturated carbocycles. The molecule has 2 rings (SSSR count). The van der Waals surface area contributed by atoms with Crippen molar-refractivity contribution in [2.75, 3.05) is 18.0 Å². The topological polar surface area (TPSA) is 49.8 Å². The molecule has 1 aromatic rings. The fourth-order valence-corrected chi connectivity index (χ4v) is 2.20. The number of benzene rings is 1. The molecule has 0 unspecified atom stereocenters. The largest absolute Gasteiger partial charge is 0.478 e. The van der Waals surface area contributed by atoms with Crippen LogP contribution in [0.1, 0.15) is 24.2 Å². The number of rotatable bonds is 2. The number of carboxylic acids is 1. The van der Waals surface area contributed by atoms with Crippen molar-refractivity contribution in [1.82, 2.24) is 0 Å². The van der Waals surface area contributed by atoms with E-state index in [9.17, 15) is 4.79 Å². The van der Waals surface area contributed by atoms with Gasteiger partial charge in [-0.15, -0.1) is 0 Å². The van der Waals surface area contributed by atoms with E-state index in [1.807, 2.05) is 26.0 Å². The lowest BCUT2D eigenvalue weighted by Crippen LogP contribution is -2.45. The van der Waals surface area contributed by atoms with Gasteiger partial charge in [-0.1, -0.05) is 0 Å². The van der Waals surface area contributed by atoms with Crippen molar-refractivity contribution >= 4 is 11.7 Å². The van der Waals surface area contributed by atoms with E-state index in [4.69, 9.17) is 9.84 Å². The molecule has 0 amide bonds. The predicted octanol–water partition coefficient (Wildman–Crippen LogP) is 2.00. The average molecular weight is 235 g/mol. The van der Waals surface area contributed by atoms with E-state index >= 15 is 0 Å². The van der Waals surface area contributed by atoms with Gasteiger partial charge in [0.1, 0.15) is 0 Å². The molecule has 1 heterocycles. The Morgan fingerprint density at radius 1 is 1.24 bits per heavy atom. The molecule has 4 nitrogen and oxygen atoms in total. The first-order chi connectivity index (χ1) is 8.06. The minimum absolute atomic E-state index is 0.206. The van der Waals surface area contributed by atoms with Gasteiger partial charge in [-0.3, -0.25) is 0 Å². The zero-order valence-corrected chi connectivity index (χ0v) is 10.1. The Morgan fingerprint density at radius 2 is 1.76 bits per heavy atom. The second kappa shape index (κ2) is 4.75. The van der Waals surface area contributed by atoms with Crippen LogP contribution >= 0.6 is 0 Å². The molecule has 0 aliphatic carbocycles. The monoisotopic (exact) mass is 235 g/mol. The Kier molecular flexibility index (Phi) is 3.33. The first kappa shape index (κ1) is 11.9. The normalized spacial score (nSPS) is 24.7. The molecule has 2 atom stereocenters. The first-order valence-corrected chi connectivity index (χ1v) is 5.80. The average Bonchev–Trinajstić information content (AvgIpc) is 2.28. The van der Waals surface area contributed by atoms with Crippen molar-refractivity contribution < 1.29 is 14.6 Å². The summed E-state index contributed by atoms with van der Waals surface area (Å²) in [6.07, 6.45) is 0.413. The summed E-state index contributed by atoms with van der Waals surface area (Å²) in [5.41, 5.74) is 1.38. The molecule has 1 N–H and O–H groups in total. The molecule has 1 fully saturated rings. The Hall–Kier alpha value is -1.55. The fourth-order valence-electron chi connectivity index (χ4n) is 2.20. The Labute approximate surface area is 101 Å². The highest BCUT2D eigenvalue weighted by atomic mass is 16.5. The summed E-state index contributed by atoms with van der Waals surface area (Å²) in [6.45, 7) is 5.79. The number of aromatic carboxylic acids is 1. The third kappa shape index (κ3) is 2.77. The van der Waals surface area contributed by atoms with Crippen molar-refractivity contribution in [3.8, 4) is 0 Å². The van der Waals surface area contributed by atoms with Crippen LogP contribution in [0.15, 0.2) is 24.3 Å². The second-order valence-electron chi connectivity index (χ2n) is 4.51. The van der Waals surface area contributed by atoms with Crippen LogP contribution < -0.4 is 4.90 Å². The lowest BCUT2D eigenvalue weighted by molar-refractivity contribution is -0.00522. The summed E-state index contributed by atoms with van der Waals surface area (Å²) < 4.78 is 5.66. The van der Waals surface area contributed by atoms with Crippen molar-refractivity contribution in [2.24, 2.45) is 0 Å². The molecule has 0 aromatic heterocycles. The third-order valence-corrected chi connectivity index (χ3v) is 2.90. The maximum absolute atomic E-state index is 10.8. The van der Waals surface area contributed by atoms with E-state index in [0.717, 1.165) is 18.8 Å². The maximum atomic E-state index is 10.8. The molecule has 0 spiro atoms. The molecule has 0 radical (unpaired) electrons. The quantitative estimate of drug-likeness (QED) is 0.851. The number of morpholine rings is 1. The smallest absolute Gasteiger partial charge is 0.335 e. The van der Waals surface area contributed by atoms with Gasteiger partial charge in [0.25, 0.3) is 0 Å². The van der Waals surface area contributed by atoms with Crippen LogP contribution in [0, 0.1) is 0 Å². The van der Waals surface area contributed by atoms with Gasteiger partial charge in [-0.25, -0.2) is 4.79 Å². The van der Waals surface area contributed by atoms with Gasteiger partial charge in [-0.05, 0) is 38.1 Å². The zero-order valence-electron chi connectivity index (χ0n) is 10.1. The molecular formula is C13H17NO3. The number of nitrogens with zero attached hydrogens (tertiary/aromatic N) is 1. The second-order valence-corrected chi connectivity index (χ2v) is 4.51. The van der Waals surface area contributed by atoms with Crippen LogP contribution in [0.25, 0.3) is 0 Å². The van der Waals surface area contributed by atoms with Crippen LogP contribution in [0.5, 0.6) is 0 Å². The highest BCUT2D eigenvalue weighted by molar-refractivity contribution is 5.88. The van der Waals surface area contributed by atoms with Crippen molar-refractivity contribution in [3.05, 3.63) is 29.8 Å². The molecule has 1 aliphatic heterocycles. The molecule has 1 aliphatic rings. The van der Waals surface area contributed by atoms with E-state index in [1.54, 1.807) is 12.1 Å².